The molecule has 1 atom stereocenters. The molecule has 6 heteroatoms. The molecule has 0 saturated heterocycles. The van der Waals surface area contributed by atoms with Gasteiger partial charge < -0.3 is 5.32 Å². The Morgan fingerprint density at radius 1 is 1.13 bits per heavy atom. The molecule has 23 heavy (non-hydrogen) atoms. The minimum Gasteiger partial charge on any atom is -0.345 e. The van der Waals surface area contributed by atoms with Crippen LogP contribution in [0.4, 0.5) is 5.69 Å². The summed E-state index contributed by atoms with van der Waals surface area (Å²) in [6.45, 7) is 0. The monoisotopic (exact) mass is 330 g/mol. The van der Waals surface area contributed by atoms with Gasteiger partial charge in [0.2, 0.25) is 0 Å². The van der Waals surface area contributed by atoms with E-state index in [1.54, 1.807) is 0 Å². The van der Waals surface area contributed by atoms with E-state index in [4.69, 9.17) is 11.6 Å². The SMILES string of the molecule is O=C(N[C@H](c1ccc(Cl)cc1)C1CC1)c1ccc([N+](=O)[O-])cc1. The largest absolute Gasteiger partial charge is 0.345 e. The highest BCUT2D eigenvalue weighted by Gasteiger charge is 2.33. The normalized spacial score (nSPS) is 15.0. The first kappa shape index (κ1) is 15.5. The van der Waals surface area contributed by atoms with Gasteiger partial charge in [0.1, 0.15) is 0 Å². The van der Waals surface area contributed by atoms with Gasteiger partial charge in [-0.05, 0) is 48.6 Å². The van der Waals surface area contributed by atoms with Gasteiger partial charge in [-0.2, -0.15) is 0 Å². The minimum atomic E-state index is -0.484. The van der Waals surface area contributed by atoms with E-state index in [-0.39, 0.29) is 17.6 Å². The molecule has 2 aromatic rings. The van der Waals surface area contributed by atoms with Crippen molar-refractivity contribution >= 4 is 23.2 Å². The van der Waals surface area contributed by atoms with Crippen molar-refractivity contribution in [1.29, 1.82) is 0 Å². The van der Waals surface area contributed by atoms with Gasteiger partial charge in [-0.15, -0.1) is 0 Å². The molecule has 0 spiro atoms. The first-order valence-corrected chi connectivity index (χ1v) is 7.73. The average Bonchev–Trinajstić information content (AvgIpc) is 3.38. The van der Waals surface area contributed by atoms with E-state index >= 15 is 0 Å². The lowest BCUT2D eigenvalue weighted by atomic mass is 10.0. The zero-order chi connectivity index (χ0) is 16.4. The highest BCUT2D eigenvalue weighted by atomic mass is 35.5. The Hall–Kier alpha value is -2.40. The van der Waals surface area contributed by atoms with Crippen molar-refractivity contribution < 1.29 is 9.72 Å². The number of hydrogen-bond donors (Lipinski definition) is 1. The maximum Gasteiger partial charge on any atom is 0.269 e. The third-order valence-corrected chi connectivity index (χ3v) is 4.20. The van der Waals surface area contributed by atoms with E-state index in [2.05, 4.69) is 5.32 Å². The Kier molecular flexibility index (Phi) is 4.30. The number of carbonyl (C=O) groups excluding carboxylic acids is 1. The Morgan fingerprint density at radius 3 is 2.26 bits per heavy atom. The lowest BCUT2D eigenvalue weighted by molar-refractivity contribution is -0.384. The molecule has 1 amide bonds. The molecule has 0 radical (unpaired) electrons. The summed E-state index contributed by atoms with van der Waals surface area (Å²) in [6, 6.07) is 13.0. The van der Waals surface area contributed by atoms with Crippen molar-refractivity contribution in [2.75, 3.05) is 0 Å². The summed E-state index contributed by atoms with van der Waals surface area (Å²) in [5.41, 5.74) is 1.40. The third-order valence-electron chi connectivity index (χ3n) is 3.95. The van der Waals surface area contributed by atoms with Crippen molar-refractivity contribution in [2.24, 2.45) is 5.92 Å². The minimum absolute atomic E-state index is 0.0296. The smallest absolute Gasteiger partial charge is 0.269 e. The third kappa shape index (κ3) is 3.68. The second-order valence-electron chi connectivity index (χ2n) is 5.64. The predicted molar refractivity (Wildman–Crippen MR) is 87.5 cm³/mol. The van der Waals surface area contributed by atoms with Crippen molar-refractivity contribution in [1.82, 2.24) is 5.32 Å². The number of carbonyl (C=O) groups is 1. The van der Waals surface area contributed by atoms with E-state index in [0.717, 1.165) is 18.4 Å². The maximum atomic E-state index is 12.4. The second kappa shape index (κ2) is 6.38. The van der Waals surface area contributed by atoms with Gasteiger partial charge >= 0.3 is 0 Å². The number of halogens is 1. The van der Waals surface area contributed by atoms with Gasteiger partial charge in [0.25, 0.3) is 11.6 Å². The number of nitro groups is 1. The first-order valence-electron chi connectivity index (χ1n) is 7.35. The molecular weight excluding hydrogens is 316 g/mol. The van der Waals surface area contributed by atoms with Crippen molar-refractivity contribution in [3.63, 3.8) is 0 Å². The molecule has 1 N–H and O–H groups in total. The highest BCUT2D eigenvalue weighted by Crippen LogP contribution is 2.41. The topological polar surface area (TPSA) is 72.2 Å². The van der Waals surface area contributed by atoms with Gasteiger partial charge in [-0.3, -0.25) is 14.9 Å². The molecule has 1 saturated carbocycles. The summed E-state index contributed by atoms with van der Waals surface area (Å²) in [5.74, 6) is 0.199. The Morgan fingerprint density at radius 2 is 1.74 bits per heavy atom. The van der Waals surface area contributed by atoms with E-state index in [1.165, 1.54) is 24.3 Å². The van der Waals surface area contributed by atoms with Crippen LogP contribution < -0.4 is 5.32 Å². The summed E-state index contributed by atoms with van der Waals surface area (Å²) < 4.78 is 0. The zero-order valence-corrected chi connectivity index (χ0v) is 13.0. The summed E-state index contributed by atoms with van der Waals surface area (Å²) in [4.78, 5) is 22.6. The Balaban J connectivity index is 1.76. The second-order valence-corrected chi connectivity index (χ2v) is 6.08. The first-order chi connectivity index (χ1) is 11.0. The van der Waals surface area contributed by atoms with Crippen molar-refractivity contribution in [3.05, 3.63) is 74.8 Å². The Labute approximate surface area is 138 Å². The van der Waals surface area contributed by atoms with Crippen LogP contribution in [-0.2, 0) is 0 Å². The van der Waals surface area contributed by atoms with Crippen LogP contribution in [0, 0.1) is 16.0 Å². The van der Waals surface area contributed by atoms with Gasteiger partial charge in [0.15, 0.2) is 0 Å². The van der Waals surface area contributed by atoms with Crippen LogP contribution in [0.1, 0.15) is 34.8 Å². The fraction of sp³-hybridized carbons (Fsp3) is 0.235. The molecule has 118 valence electrons. The zero-order valence-electron chi connectivity index (χ0n) is 12.2. The van der Waals surface area contributed by atoms with Gasteiger partial charge in [-0.25, -0.2) is 0 Å². The number of rotatable bonds is 5. The van der Waals surface area contributed by atoms with Gasteiger partial charge in [-0.1, -0.05) is 23.7 Å². The number of benzene rings is 2. The lowest BCUT2D eigenvalue weighted by Crippen LogP contribution is -2.29. The maximum absolute atomic E-state index is 12.4. The number of nitrogens with one attached hydrogen (secondary N) is 1. The van der Waals surface area contributed by atoms with Crippen molar-refractivity contribution in [2.45, 2.75) is 18.9 Å². The van der Waals surface area contributed by atoms with Crippen molar-refractivity contribution in [3.8, 4) is 0 Å². The van der Waals surface area contributed by atoms with Crippen LogP contribution in [0.3, 0.4) is 0 Å². The molecule has 0 unspecified atom stereocenters. The number of non-ortho nitro benzene ring substituents is 1. The summed E-state index contributed by atoms with van der Waals surface area (Å²) >= 11 is 5.91. The molecule has 3 rings (SSSR count). The molecule has 2 aromatic carbocycles. The van der Waals surface area contributed by atoms with Crippen LogP contribution >= 0.6 is 11.6 Å². The van der Waals surface area contributed by atoms with Crippen LogP contribution in [0.15, 0.2) is 48.5 Å². The summed E-state index contributed by atoms with van der Waals surface area (Å²) in [7, 11) is 0. The highest BCUT2D eigenvalue weighted by molar-refractivity contribution is 6.30. The van der Waals surface area contributed by atoms with Crippen LogP contribution in [0.25, 0.3) is 0 Å². The molecule has 0 bridgehead atoms. The molecule has 1 aliphatic rings. The molecule has 5 nitrogen and oxygen atoms in total. The standard InChI is InChI=1S/C17H15ClN2O3/c18-14-7-3-12(4-8-14)16(11-1-2-11)19-17(21)13-5-9-15(10-6-13)20(22)23/h3-11,16H,1-2H2,(H,19,21)/t16-/m0/s1. The fourth-order valence-corrected chi connectivity index (χ4v) is 2.66. The molecule has 1 aliphatic carbocycles. The number of hydrogen-bond acceptors (Lipinski definition) is 3. The van der Waals surface area contributed by atoms with E-state index < -0.39 is 4.92 Å². The number of amides is 1. The number of nitro benzene ring substituents is 1. The van der Waals surface area contributed by atoms with E-state index in [1.807, 2.05) is 24.3 Å². The summed E-state index contributed by atoms with van der Waals surface area (Å²) in [5, 5.41) is 14.3. The molecule has 0 aliphatic heterocycles. The molecular formula is C17H15ClN2O3. The average molecular weight is 331 g/mol. The van der Waals surface area contributed by atoms with Crippen LogP contribution in [-0.4, -0.2) is 10.8 Å². The number of nitrogens with zero attached hydrogens (tertiary/aromatic N) is 1. The van der Waals surface area contributed by atoms with E-state index in [0.29, 0.717) is 16.5 Å². The van der Waals surface area contributed by atoms with Gasteiger partial charge in [0, 0.05) is 22.7 Å². The molecule has 0 aromatic heterocycles. The van der Waals surface area contributed by atoms with E-state index in [9.17, 15) is 14.9 Å². The predicted octanol–water partition coefficient (Wildman–Crippen LogP) is 4.13. The summed E-state index contributed by atoms with van der Waals surface area (Å²) in [6.07, 6.45) is 2.15. The van der Waals surface area contributed by atoms with Gasteiger partial charge in [0.05, 0.1) is 11.0 Å². The molecule has 1 fully saturated rings. The lowest BCUT2D eigenvalue weighted by Gasteiger charge is -2.19. The molecule has 0 heterocycles. The van der Waals surface area contributed by atoms with Crippen LogP contribution in [0.5, 0.6) is 0 Å². The fourth-order valence-electron chi connectivity index (χ4n) is 2.53. The Bertz CT molecular complexity index is 725. The quantitative estimate of drug-likeness (QED) is 0.661. The van der Waals surface area contributed by atoms with Crippen LogP contribution in [0.2, 0.25) is 5.02 Å².